The van der Waals surface area contributed by atoms with E-state index in [0.717, 1.165) is 67.3 Å². The number of aromatic nitrogens is 5. The summed E-state index contributed by atoms with van der Waals surface area (Å²) in [5.74, 6) is -0.643. The summed E-state index contributed by atoms with van der Waals surface area (Å²) in [7, 11) is 0. The van der Waals surface area contributed by atoms with Crippen molar-refractivity contribution in [3.63, 3.8) is 0 Å². The van der Waals surface area contributed by atoms with Gasteiger partial charge in [-0.3, -0.25) is 0 Å². The van der Waals surface area contributed by atoms with E-state index in [2.05, 4.69) is 39.8 Å². The lowest BCUT2D eigenvalue weighted by Gasteiger charge is -2.32. The molecule has 8 nitrogen and oxygen atoms in total. The van der Waals surface area contributed by atoms with Crippen LogP contribution in [0.2, 0.25) is 0 Å². The second-order valence-electron chi connectivity index (χ2n) is 8.54. The summed E-state index contributed by atoms with van der Waals surface area (Å²) in [6.45, 7) is 4.83. The van der Waals surface area contributed by atoms with Gasteiger partial charge in [-0.15, -0.1) is 0 Å². The maximum Gasteiger partial charge on any atom is 0.471 e. The number of hydrogen-bond donors (Lipinski definition) is 2. The SMILES string of the molecule is Cc1ccc2[nH]c(NC3CCN(CCc4ccc(-c5noc(C(F)(F)F)n5)cc4)CC3)nc2n1. The number of likely N-dealkylation sites (tertiary alicyclic amines) is 1. The molecule has 0 radical (unpaired) electrons. The lowest BCUT2D eigenvalue weighted by atomic mass is 10.0. The van der Waals surface area contributed by atoms with Gasteiger partial charge >= 0.3 is 12.1 Å². The Hall–Kier alpha value is -3.47. The molecule has 5 rings (SSSR count). The number of aryl methyl sites for hydroxylation is 1. The fourth-order valence-corrected chi connectivity index (χ4v) is 4.11. The monoisotopic (exact) mass is 471 g/mol. The van der Waals surface area contributed by atoms with Crippen molar-refractivity contribution in [2.45, 2.75) is 38.4 Å². The van der Waals surface area contributed by atoms with Crippen molar-refractivity contribution in [1.29, 1.82) is 0 Å². The molecule has 0 aliphatic carbocycles. The van der Waals surface area contributed by atoms with Gasteiger partial charge in [0.1, 0.15) is 0 Å². The number of fused-ring (bicyclic) bond motifs is 1. The third-order valence-corrected chi connectivity index (χ3v) is 6.01. The number of piperidine rings is 1. The third kappa shape index (κ3) is 5.04. The van der Waals surface area contributed by atoms with Gasteiger partial charge in [0.25, 0.3) is 0 Å². The molecule has 0 saturated carbocycles. The first-order valence-corrected chi connectivity index (χ1v) is 11.2. The zero-order valence-corrected chi connectivity index (χ0v) is 18.6. The van der Waals surface area contributed by atoms with Crippen molar-refractivity contribution >= 4 is 17.1 Å². The van der Waals surface area contributed by atoms with Crippen LogP contribution in [-0.2, 0) is 12.6 Å². The Morgan fingerprint density at radius 2 is 1.82 bits per heavy atom. The van der Waals surface area contributed by atoms with Crippen LogP contribution in [0, 0.1) is 6.92 Å². The van der Waals surface area contributed by atoms with Gasteiger partial charge in [0.15, 0.2) is 5.65 Å². The fraction of sp³-hybridized carbons (Fsp3) is 0.391. The highest BCUT2D eigenvalue weighted by Crippen LogP contribution is 2.29. The normalized spacial score (nSPS) is 15.8. The van der Waals surface area contributed by atoms with Gasteiger partial charge in [-0.1, -0.05) is 29.4 Å². The molecule has 11 heteroatoms. The Morgan fingerprint density at radius 3 is 2.53 bits per heavy atom. The zero-order chi connectivity index (χ0) is 23.7. The summed E-state index contributed by atoms with van der Waals surface area (Å²) < 4.78 is 42.2. The zero-order valence-electron chi connectivity index (χ0n) is 18.6. The van der Waals surface area contributed by atoms with Crippen molar-refractivity contribution < 1.29 is 17.7 Å². The average molecular weight is 471 g/mol. The molecule has 1 aromatic carbocycles. The van der Waals surface area contributed by atoms with Crippen molar-refractivity contribution in [2.24, 2.45) is 0 Å². The van der Waals surface area contributed by atoms with Crippen molar-refractivity contribution in [3.8, 4) is 11.4 Å². The summed E-state index contributed by atoms with van der Waals surface area (Å²) in [4.78, 5) is 18.1. The number of imidazole rings is 1. The smallest absolute Gasteiger partial charge is 0.353 e. The van der Waals surface area contributed by atoms with Crippen LogP contribution in [0.15, 0.2) is 40.9 Å². The average Bonchev–Trinajstić information content (AvgIpc) is 3.46. The standard InChI is InChI=1S/C23H24F3N7O/c1-14-2-7-18-20(27-14)31-22(29-18)28-17-9-12-33(13-10-17)11-8-15-3-5-16(6-4-15)19-30-21(34-32-19)23(24,25)26/h2-7,17H,8-13H2,1H3,(H2,27,28,29,31). The molecule has 0 amide bonds. The van der Waals surface area contributed by atoms with Crippen LogP contribution in [0.1, 0.15) is 30.0 Å². The Morgan fingerprint density at radius 1 is 1.06 bits per heavy atom. The number of benzene rings is 1. The maximum absolute atomic E-state index is 12.6. The summed E-state index contributed by atoms with van der Waals surface area (Å²) in [6.07, 6.45) is -1.76. The largest absolute Gasteiger partial charge is 0.471 e. The van der Waals surface area contributed by atoms with Gasteiger partial charge in [0.05, 0.1) is 5.52 Å². The van der Waals surface area contributed by atoms with E-state index in [0.29, 0.717) is 11.6 Å². The Labute approximate surface area is 193 Å². The van der Waals surface area contributed by atoms with Crippen LogP contribution >= 0.6 is 0 Å². The minimum absolute atomic E-state index is 0.0659. The van der Waals surface area contributed by atoms with E-state index < -0.39 is 12.1 Å². The number of alkyl halides is 3. The molecule has 0 bridgehead atoms. The topological polar surface area (TPSA) is 95.8 Å². The van der Waals surface area contributed by atoms with E-state index in [4.69, 9.17) is 0 Å². The van der Waals surface area contributed by atoms with Gasteiger partial charge in [0.2, 0.25) is 11.8 Å². The first-order valence-electron chi connectivity index (χ1n) is 11.2. The van der Waals surface area contributed by atoms with Crippen LogP contribution in [0.5, 0.6) is 0 Å². The minimum Gasteiger partial charge on any atom is -0.353 e. The second kappa shape index (κ2) is 9.05. The Balaban J connectivity index is 1.09. The molecule has 1 saturated heterocycles. The molecule has 0 unspecified atom stereocenters. The third-order valence-electron chi connectivity index (χ3n) is 6.01. The first kappa shape index (κ1) is 22.3. The van der Waals surface area contributed by atoms with Crippen LogP contribution in [0.4, 0.5) is 19.1 Å². The highest BCUT2D eigenvalue weighted by molar-refractivity contribution is 5.73. The molecule has 0 spiro atoms. The highest BCUT2D eigenvalue weighted by atomic mass is 19.4. The van der Waals surface area contributed by atoms with E-state index in [1.165, 1.54) is 0 Å². The van der Waals surface area contributed by atoms with E-state index in [-0.39, 0.29) is 5.82 Å². The lowest BCUT2D eigenvalue weighted by molar-refractivity contribution is -0.159. The molecular formula is C23H24F3N7O. The molecule has 178 valence electrons. The lowest BCUT2D eigenvalue weighted by Crippen LogP contribution is -2.40. The molecule has 34 heavy (non-hydrogen) atoms. The molecule has 4 heterocycles. The van der Waals surface area contributed by atoms with Crippen LogP contribution < -0.4 is 5.32 Å². The fourth-order valence-electron chi connectivity index (χ4n) is 4.11. The first-order chi connectivity index (χ1) is 16.3. The van der Waals surface area contributed by atoms with Gasteiger partial charge in [-0.25, -0.2) is 4.98 Å². The minimum atomic E-state index is -4.64. The molecule has 0 atom stereocenters. The van der Waals surface area contributed by atoms with Crippen molar-refractivity contribution in [2.75, 3.05) is 25.0 Å². The molecule has 1 aliphatic rings. The molecule has 1 aliphatic heterocycles. The molecule has 1 fully saturated rings. The number of H-pyrrole nitrogens is 1. The number of aromatic amines is 1. The summed E-state index contributed by atoms with van der Waals surface area (Å²) in [5, 5.41) is 6.92. The Kier molecular flexibility index (Phi) is 5.94. The summed E-state index contributed by atoms with van der Waals surface area (Å²) >= 11 is 0. The number of hydrogen-bond acceptors (Lipinski definition) is 7. The van der Waals surface area contributed by atoms with Gasteiger partial charge in [0, 0.05) is 36.9 Å². The molecule has 2 N–H and O–H groups in total. The van der Waals surface area contributed by atoms with E-state index in [9.17, 15) is 13.2 Å². The predicted octanol–water partition coefficient (Wildman–Crippen LogP) is 4.45. The number of nitrogens with one attached hydrogen (secondary N) is 2. The molecular weight excluding hydrogens is 447 g/mol. The number of rotatable bonds is 6. The number of nitrogens with zero attached hydrogens (tertiary/aromatic N) is 5. The Bertz CT molecular complexity index is 1260. The summed E-state index contributed by atoms with van der Waals surface area (Å²) in [5.41, 5.74) is 4.20. The van der Waals surface area contributed by atoms with Crippen molar-refractivity contribution in [1.82, 2.24) is 30.0 Å². The van der Waals surface area contributed by atoms with Crippen LogP contribution in [-0.4, -0.2) is 55.7 Å². The van der Waals surface area contributed by atoms with Gasteiger partial charge < -0.3 is 19.7 Å². The predicted molar refractivity (Wildman–Crippen MR) is 120 cm³/mol. The highest BCUT2D eigenvalue weighted by Gasteiger charge is 2.38. The number of halogens is 3. The van der Waals surface area contributed by atoms with Gasteiger partial charge in [-0.2, -0.15) is 23.1 Å². The van der Waals surface area contributed by atoms with E-state index in [1.807, 2.05) is 31.2 Å². The van der Waals surface area contributed by atoms with Crippen LogP contribution in [0.3, 0.4) is 0 Å². The molecule has 3 aromatic heterocycles. The quantitative estimate of drug-likeness (QED) is 0.429. The van der Waals surface area contributed by atoms with E-state index in [1.54, 1.807) is 12.1 Å². The summed E-state index contributed by atoms with van der Waals surface area (Å²) in [6, 6.07) is 11.5. The molecule has 4 aromatic rings. The van der Waals surface area contributed by atoms with Crippen molar-refractivity contribution in [3.05, 3.63) is 53.5 Å². The number of anilines is 1. The maximum atomic E-state index is 12.6. The van der Waals surface area contributed by atoms with Gasteiger partial charge in [-0.05, 0) is 43.9 Å². The second-order valence-corrected chi connectivity index (χ2v) is 8.54. The van der Waals surface area contributed by atoms with Crippen LogP contribution in [0.25, 0.3) is 22.6 Å². The van der Waals surface area contributed by atoms with E-state index >= 15 is 0 Å². The number of pyridine rings is 1.